The fourth-order valence-electron chi connectivity index (χ4n) is 2.89. The Morgan fingerprint density at radius 2 is 1.68 bits per heavy atom. The lowest BCUT2D eigenvalue weighted by Gasteiger charge is -2.35. The largest absolute Gasteiger partial charge is 0.388 e. The molecule has 1 saturated heterocycles. The fourth-order valence-corrected chi connectivity index (χ4v) is 2.89. The van der Waals surface area contributed by atoms with E-state index in [0.717, 1.165) is 50.5 Å². The number of aromatic nitrogens is 1. The van der Waals surface area contributed by atoms with Crippen LogP contribution in [-0.2, 0) is 0 Å². The van der Waals surface area contributed by atoms with Gasteiger partial charge in [0.2, 0.25) is 0 Å². The van der Waals surface area contributed by atoms with Crippen LogP contribution in [0.25, 0.3) is 0 Å². The molecule has 4 heteroatoms. The van der Waals surface area contributed by atoms with Gasteiger partial charge in [-0.05, 0) is 24.1 Å². The molecule has 2 heterocycles. The Morgan fingerprint density at radius 3 is 2.36 bits per heavy atom. The van der Waals surface area contributed by atoms with Gasteiger partial charge in [0.25, 0.3) is 0 Å². The second-order valence-corrected chi connectivity index (χ2v) is 5.73. The quantitative estimate of drug-likeness (QED) is 0.919. The van der Waals surface area contributed by atoms with Crippen molar-refractivity contribution in [3.63, 3.8) is 0 Å². The number of piperazine rings is 1. The Kier molecular flexibility index (Phi) is 5.03. The first-order chi connectivity index (χ1) is 10.8. The zero-order chi connectivity index (χ0) is 15.2. The van der Waals surface area contributed by atoms with Gasteiger partial charge in [-0.25, -0.2) is 4.98 Å². The lowest BCUT2D eigenvalue weighted by molar-refractivity contribution is 0.139. The Balaban J connectivity index is 1.44. The number of aliphatic hydroxyl groups is 1. The van der Waals surface area contributed by atoms with Crippen LogP contribution in [0.2, 0.25) is 0 Å². The van der Waals surface area contributed by atoms with Crippen molar-refractivity contribution in [3.8, 4) is 0 Å². The van der Waals surface area contributed by atoms with Crippen LogP contribution >= 0.6 is 0 Å². The van der Waals surface area contributed by atoms with Crippen LogP contribution in [0.3, 0.4) is 0 Å². The number of benzene rings is 1. The minimum atomic E-state index is -0.366. The normalized spacial score (nSPS) is 17.4. The molecule has 1 aliphatic rings. The molecule has 1 N–H and O–H groups in total. The zero-order valence-electron chi connectivity index (χ0n) is 12.8. The van der Waals surface area contributed by atoms with Crippen molar-refractivity contribution < 1.29 is 5.11 Å². The van der Waals surface area contributed by atoms with Gasteiger partial charge in [0.15, 0.2) is 0 Å². The van der Waals surface area contributed by atoms with Crippen LogP contribution in [-0.4, -0.2) is 47.7 Å². The molecule has 0 unspecified atom stereocenters. The molecular formula is C18H23N3O. The van der Waals surface area contributed by atoms with E-state index in [4.69, 9.17) is 0 Å². The number of hydrogen-bond acceptors (Lipinski definition) is 4. The van der Waals surface area contributed by atoms with E-state index in [2.05, 4.69) is 20.9 Å². The van der Waals surface area contributed by atoms with Gasteiger partial charge in [-0.2, -0.15) is 0 Å². The molecule has 1 aliphatic heterocycles. The molecular weight excluding hydrogens is 274 g/mol. The molecule has 1 aromatic carbocycles. The number of rotatable bonds is 5. The lowest BCUT2D eigenvalue weighted by Crippen LogP contribution is -2.47. The van der Waals surface area contributed by atoms with Crippen molar-refractivity contribution in [2.75, 3.05) is 37.6 Å². The molecule has 1 aromatic heterocycles. The minimum absolute atomic E-state index is 0.366. The van der Waals surface area contributed by atoms with Gasteiger partial charge in [0, 0.05) is 38.9 Å². The Bertz CT molecular complexity index is 553. The average Bonchev–Trinajstić information content (AvgIpc) is 2.61. The van der Waals surface area contributed by atoms with Gasteiger partial charge in [0.05, 0.1) is 6.10 Å². The van der Waals surface area contributed by atoms with E-state index in [1.807, 2.05) is 48.7 Å². The van der Waals surface area contributed by atoms with Crippen molar-refractivity contribution in [1.82, 2.24) is 9.88 Å². The van der Waals surface area contributed by atoms with E-state index < -0.39 is 0 Å². The van der Waals surface area contributed by atoms with Gasteiger partial charge in [0.1, 0.15) is 5.82 Å². The highest BCUT2D eigenvalue weighted by Crippen LogP contribution is 2.18. The summed E-state index contributed by atoms with van der Waals surface area (Å²) < 4.78 is 0. The molecule has 0 spiro atoms. The third kappa shape index (κ3) is 3.84. The van der Waals surface area contributed by atoms with Crippen molar-refractivity contribution >= 4 is 5.82 Å². The predicted molar refractivity (Wildman–Crippen MR) is 88.9 cm³/mol. The van der Waals surface area contributed by atoms with Crippen molar-refractivity contribution in [3.05, 3.63) is 60.3 Å². The van der Waals surface area contributed by atoms with E-state index in [1.54, 1.807) is 0 Å². The van der Waals surface area contributed by atoms with E-state index >= 15 is 0 Å². The summed E-state index contributed by atoms with van der Waals surface area (Å²) in [5.41, 5.74) is 1.01. The van der Waals surface area contributed by atoms with Crippen molar-refractivity contribution in [2.45, 2.75) is 12.5 Å². The topological polar surface area (TPSA) is 39.6 Å². The Morgan fingerprint density at radius 1 is 0.955 bits per heavy atom. The van der Waals surface area contributed by atoms with Gasteiger partial charge in [-0.15, -0.1) is 0 Å². The molecule has 0 aliphatic carbocycles. The smallest absolute Gasteiger partial charge is 0.128 e. The SMILES string of the molecule is O[C@@H](CCN1CCN(c2ccccn2)CC1)c1ccccc1. The minimum Gasteiger partial charge on any atom is -0.388 e. The number of hydrogen-bond donors (Lipinski definition) is 1. The van der Waals surface area contributed by atoms with E-state index in [0.29, 0.717) is 0 Å². The summed E-state index contributed by atoms with van der Waals surface area (Å²) in [5.74, 6) is 1.06. The highest BCUT2D eigenvalue weighted by Gasteiger charge is 2.18. The number of pyridine rings is 1. The molecule has 0 amide bonds. The molecule has 0 bridgehead atoms. The Labute approximate surface area is 132 Å². The van der Waals surface area contributed by atoms with Crippen LogP contribution in [0, 0.1) is 0 Å². The van der Waals surface area contributed by atoms with Crippen molar-refractivity contribution in [1.29, 1.82) is 0 Å². The highest BCUT2D eigenvalue weighted by atomic mass is 16.3. The van der Waals surface area contributed by atoms with Crippen LogP contribution in [0.1, 0.15) is 18.1 Å². The average molecular weight is 297 g/mol. The lowest BCUT2D eigenvalue weighted by atomic mass is 10.1. The Hall–Kier alpha value is -1.91. The first kappa shape index (κ1) is 15.0. The molecule has 1 fully saturated rings. The molecule has 22 heavy (non-hydrogen) atoms. The van der Waals surface area contributed by atoms with Crippen LogP contribution in [0.15, 0.2) is 54.7 Å². The summed E-state index contributed by atoms with van der Waals surface area (Å²) in [6, 6.07) is 16.0. The molecule has 3 rings (SSSR count). The fraction of sp³-hybridized carbons (Fsp3) is 0.389. The van der Waals surface area contributed by atoms with Gasteiger partial charge in [-0.1, -0.05) is 36.4 Å². The van der Waals surface area contributed by atoms with Crippen LogP contribution in [0.4, 0.5) is 5.82 Å². The van der Waals surface area contributed by atoms with Crippen molar-refractivity contribution in [2.24, 2.45) is 0 Å². The second-order valence-electron chi connectivity index (χ2n) is 5.73. The molecule has 2 aromatic rings. The molecule has 1 atom stereocenters. The second kappa shape index (κ2) is 7.38. The molecule has 0 radical (unpaired) electrons. The van der Waals surface area contributed by atoms with Gasteiger partial charge >= 0.3 is 0 Å². The van der Waals surface area contributed by atoms with Gasteiger partial charge in [-0.3, -0.25) is 4.90 Å². The maximum atomic E-state index is 10.2. The number of nitrogens with zero attached hydrogens (tertiary/aromatic N) is 3. The predicted octanol–water partition coefficient (Wildman–Crippen LogP) is 2.33. The highest BCUT2D eigenvalue weighted by molar-refractivity contribution is 5.38. The van der Waals surface area contributed by atoms with Gasteiger partial charge < -0.3 is 10.0 Å². The summed E-state index contributed by atoms with van der Waals surface area (Å²) in [6.07, 6.45) is 2.26. The molecule has 116 valence electrons. The zero-order valence-corrected chi connectivity index (χ0v) is 12.8. The summed E-state index contributed by atoms with van der Waals surface area (Å²) >= 11 is 0. The summed E-state index contributed by atoms with van der Waals surface area (Å²) in [5, 5.41) is 10.2. The maximum absolute atomic E-state index is 10.2. The summed E-state index contributed by atoms with van der Waals surface area (Å²) in [6.45, 7) is 4.99. The number of aliphatic hydroxyl groups excluding tert-OH is 1. The number of anilines is 1. The first-order valence-corrected chi connectivity index (χ1v) is 7.94. The molecule has 0 saturated carbocycles. The monoisotopic (exact) mass is 297 g/mol. The molecule has 4 nitrogen and oxygen atoms in total. The summed E-state index contributed by atoms with van der Waals surface area (Å²) in [4.78, 5) is 9.15. The third-order valence-corrected chi connectivity index (χ3v) is 4.25. The van der Waals surface area contributed by atoms with Crippen LogP contribution < -0.4 is 4.90 Å². The standard InChI is InChI=1S/C18H23N3O/c22-17(16-6-2-1-3-7-16)9-11-20-12-14-21(15-13-20)18-8-4-5-10-19-18/h1-8,10,17,22H,9,11-15H2/t17-/m0/s1. The third-order valence-electron chi connectivity index (χ3n) is 4.25. The maximum Gasteiger partial charge on any atom is 0.128 e. The van der Waals surface area contributed by atoms with E-state index in [1.165, 1.54) is 0 Å². The summed E-state index contributed by atoms with van der Waals surface area (Å²) in [7, 11) is 0. The first-order valence-electron chi connectivity index (χ1n) is 7.94. The van der Waals surface area contributed by atoms with E-state index in [9.17, 15) is 5.11 Å². The van der Waals surface area contributed by atoms with E-state index in [-0.39, 0.29) is 6.10 Å². The van der Waals surface area contributed by atoms with Crippen LogP contribution in [0.5, 0.6) is 0 Å².